The fourth-order valence-corrected chi connectivity index (χ4v) is 4.42. The van der Waals surface area contributed by atoms with Gasteiger partial charge in [-0.3, -0.25) is 9.59 Å². The van der Waals surface area contributed by atoms with Gasteiger partial charge in [0.1, 0.15) is 16.9 Å². The molecule has 1 N–H and O–H groups in total. The number of nitrogens with one attached hydrogen (secondary N) is 1. The fraction of sp³-hybridized carbons (Fsp3) is 0.545. The zero-order chi connectivity index (χ0) is 19.2. The van der Waals surface area contributed by atoms with Crippen molar-refractivity contribution in [1.82, 2.24) is 5.32 Å². The second kappa shape index (κ2) is 6.70. The molecule has 1 spiro atoms. The summed E-state index contributed by atoms with van der Waals surface area (Å²) in [6.07, 6.45) is 6.55. The van der Waals surface area contributed by atoms with Gasteiger partial charge in [0.15, 0.2) is 11.5 Å². The third kappa shape index (κ3) is 3.03. The van der Waals surface area contributed by atoms with Crippen LogP contribution in [0.2, 0.25) is 0 Å². The number of rotatable bonds is 3. The summed E-state index contributed by atoms with van der Waals surface area (Å²) in [7, 11) is 0. The van der Waals surface area contributed by atoms with Crippen LogP contribution in [0.3, 0.4) is 0 Å². The topological polar surface area (TPSA) is 68.5 Å². The van der Waals surface area contributed by atoms with Crippen molar-refractivity contribution in [2.24, 2.45) is 0 Å². The van der Waals surface area contributed by atoms with Gasteiger partial charge in [0.2, 0.25) is 0 Å². The molecule has 0 bridgehead atoms. The predicted molar refractivity (Wildman–Crippen MR) is 104 cm³/mol. The molecular formula is C22H27NO4. The molecule has 1 aliphatic heterocycles. The van der Waals surface area contributed by atoms with E-state index in [4.69, 9.17) is 9.15 Å². The molecule has 2 aliphatic rings. The van der Waals surface area contributed by atoms with Gasteiger partial charge in [0, 0.05) is 17.0 Å². The van der Waals surface area contributed by atoms with Crippen LogP contribution >= 0.6 is 0 Å². The normalized spacial score (nSPS) is 19.6. The minimum absolute atomic E-state index is 0.0650. The molecule has 5 heteroatoms. The van der Waals surface area contributed by atoms with E-state index in [0.717, 1.165) is 37.5 Å². The first-order valence-electron chi connectivity index (χ1n) is 10.0. The summed E-state index contributed by atoms with van der Waals surface area (Å²) >= 11 is 0. The number of furan rings is 1. The Morgan fingerprint density at radius 1 is 1.26 bits per heavy atom. The third-order valence-electron chi connectivity index (χ3n) is 6.11. The highest BCUT2D eigenvalue weighted by molar-refractivity contribution is 6.13. The lowest BCUT2D eigenvalue weighted by Crippen LogP contribution is -2.43. The van der Waals surface area contributed by atoms with Crippen LogP contribution in [0.25, 0.3) is 11.0 Å². The molecule has 0 radical (unpaired) electrons. The Hall–Kier alpha value is -2.30. The number of aryl methyl sites for hydroxylation is 1. The standard InChI is InChI=1S/C22H27NO4/c1-4-13(2)23-21(25)20-14(3)18-16(26-20)8-9-17-19(18)15(24)12-22(27-17)10-6-5-7-11-22/h8-9,13H,4-7,10-12H2,1-3H3,(H,23,25)/t13-/m1/s1. The van der Waals surface area contributed by atoms with Gasteiger partial charge >= 0.3 is 0 Å². The van der Waals surface area contributed by atoms with Gasteiger partial charge in [0.05, 0.1) is 12.0 Å². The van der Waals surface area contributed by atoms with Gasteiger partial charge in [-0.2, -0.15) is 0 Å². The minimum Gasteiger partial charge on any atom is -0.486 e. The summed E-state index contributed by atoms with van der Waals surface area (Å²) in [6.45, 7) is 5.82. The maximum absolute atomic E-state index is 13.1. The predicted octanol–water partition coefficient (Wildman–Crippen LogP) is 4.94. The van der Waals surface area contributed by atoms with Crippen LogP contribution in [0.1, 0.15) is 85.3 Å². The number of ether oxygens (including phenoxy) is 1. The molecule has 1 amide bonds. The van der Waals surface area contributed by atoms with Gasteiger partial charge < -0.3 is 14.5 Å². The lowest BCUT2D eigenvalue weighted by atomic mass is 9.78. The highest BCUT2D eigenvalue weighted by atomic mass is 16.5. The average molecular weight is 369 g/mol. The van der Waals surface area contributed by atoms with Crippen molar-refractivity contribution in [1.29, 1.82) is 0 Å². The zero-order valence-electron chi connectivity index (χ0n) is 16.3. The molecule has 1 saturated carbocycles. The van der Waals surface area contributed by atoms with Crippen LogP contribution < -0.4 is 10.1 Å². The van der Waals surface area contributed by atoms with Crippen LogP contribution in [0.4, 0.5) is 0 Å². The van der Waals surface area contributed by atoms with Crippen molar-refractivity contribution in [3.63, 3.8) is 0 Å². The second-order valence-corrected chi connectivity index (χ2v) is 8.10. The summed E-state index contributed by atoms with van der Waals surface area (Å²) in [5.74, 6) is 0.782. The van der Waals surface area contributed by atoms with Crippen LogP contribution in [0.5, 0.6) is 5.75 Å². The molecule has 1 atom stereocenters. The molecule has 2 aromatic rings. The Kier molecular flexibility index (Phi) is 4.49. The van der Waals surface area contributed by atoms with E-state index in [0.29, 0.717) is 28.9 Å². The van der Waals surface area contributed by atoms with Gasteiger partial charge in [-0.05, 0) is 58.1 Å². The number of fused-ring (bicyclic) bond motifs is 3. The molecule has 1 aliphatic carbocycles. The van der Waals surface area contributed by atoms with E-state index < -0.39 is 0 Å². The van der Waals surface area contributed by atoms with E-state index in [1.54, 1.807) is 0 Å². The number of benzene rings is 1. The van der Waals surface area contributed by atoms with Gasteiger partial charge in [0.25, 0.3) is 5.91 Å². The first kappa shape index (κ1) is 18.1. The maximum atomic E-state index is 13.1. The fourth-order valence-electron chi connectivity index (χ4n) is 4.42. The van der Waals surface area contributed by atoms with E-state index in [1.807, 2.05) is 32.9 Å². The number of hydrogen-bond donors (Lipinski definition) is 1. The van der Waals surface area contributed by atoms with Gasteiger partial charge in [-0.15, -0.1) is 0 Å². The molecule has 1 fully saturated rings. The molecule has 144 valence electrons. The van der Waals surface area contributed by atoms with Gasteiger partial charge in [-0.25, -0.2) is 0 Å². The van der Waals surface area contributed by atoms with Crippen molar-refractivity contribution in [3.05, 3.63) is 29.0 Å². The molecule has 5 nitrogen and oxygen atoms in total. The van der Waals surface area contributed by atoms with E-state index in [9.17, 15) is 9.59 Å². The molecule has 0 saturated heterocycles. The maximum Gasteiger partial charge on any atom is 0.287 e. The lowest BCUT2D eigenvalue weighted by molar-refractivity contribution is 0.0139. The highest BCUT2D eigenvalue weighted by Gasteiger charge is 2.42. The summed E-state index contributed by atoms with van der Waals surface area (Å²) in [4.78, 5) is 25.7. The monoisotopic (exact) mass is 369 g/mol. The molecule has 1 aromatic heterocycles. The number of ketones is 1. The Balaban J connectivity index is 1.76. The Labute approximate surface area is 159 Å². The summed E-state index contributed by atoms with van der Waals surface area (Å²) in [6, 6.07) is 3.70. The smallest absolute Gasteiger partial charge is 0.287 e. The molecule has 27 heavy (non-hydrogen) atoms. The lowest BCUT2D eigenvalue weighted by Gasteiger charge is -2.40. The van der Waals surface area contributed by atoms with E-state index in [-0.39, 0.29) is 29.1 Å². The van der Waals surface area contributed by atoms with Crippen LogP contribution in [-0.2, 0) is 0 Å². The van der Waals surface area contributed by atoms with Crippen LogP contribution in [0.15, 0.2) is 16.5 Å². The number of hydrogen-bond acceptors (Lipinski definition) is 4. The number of carbonyl (C=O) groups is 2. The highest BCUT2D eigenvalue weighted by Crippen LogP contribution is 2.45. The second-order valence-electron chi connectivity index (χ2n) is 8.10. The van der Waals surface area contributed by atoms with Crippen molar-refractivity contribution < 1.29 is 18.7 Å². The number of amides is 1. The van der Waals surface area contributed by atoms with Crippen LogP contribution in [0, 0.1) is 6.92 Å². The van der Waals surface area contributed by atoms with Crippen LogP contribution in [-0.4, -0.2) is 23.3 Å². The Bertz CT molecular complexity index is 905. The molecular weight excluding hydrogens is 342 g/mol. The van der Waals surface area contributed by atoms with E-state index >= 15 is 0 Å². The summed E-state index contributed by atoms with van der Waals surface area (Å²) in [5, 5.41) is 3.66. The zero-order valence-corrected chi connectivity index (χ0v) is 16.3. The minimum atomic E-state index is -0.343. The third-order valence-corrected chi connectivity index (χ3v) is 6.11. The van der Waals surface area contributed by atoms with Crippen molar-refractivity contribution >= 4 is 22.7 Å². The largest absolute Gasteiger partial charge is 0.486 e. The molecule has 1 aromatic carbocycles. The quantitative estimate of drug-likeness (QED) is 0.832. The van der Waals surface area contributed by atoms with Crippen molar-refractivity contribution in [2.45, 2.75) is 77.4 Å². The number of Topliss-reactive ketones (excluding diaryl/α,β-unsaturated/α-hetero) is 1. The van der Waals surface area contributed by atoms with E-state index in [1.165, 1.54) is 6.42 Å². The number of carbonyl (C=O) groups excluding carboxylic acids is 2. The SMILES string of the molecule is CC[C@@H](C)NC(=O)c1oc2ccc3c(c2c1C)C(=O)CC1(CCCCC1)O3. The molecule has 0 unspecified atom stereocenters. The first-order chi connectivity index (χ1) is 12.9. The molecule has 2 heterocycles. The van der Waals surface area contributed by atoms with Crippen molar-refractivity contribution in [2.75, 3.05) is 0 Å². The average Bonchev–Trinajstić information content (AvgIpc) is 2.99. The summed E-state index contributed by atoms with van der Waals surface area (Å²) in [5.41, 5.74) is 1.51. The van der Waals surface area contributed by atoms with Gasteiger partial charge in [-0.1, -0.05) is 13.3 Å². The first-order valence-corrected chi connectivity index (χ1v) is 10.0. The Morgan fingerprint density at radius 3 is 2.70 bits per heavy atom. The Morgan fingerprint density at radius 2 is 2.00 bits per heavy atom. The summed E-state index contributed by atoms with van der Waals surface area (Å²) < 4.78 is 12.2. The van der Waals surface area contributed by atoms with E-state index in [2.05, 4.69) is 5.32 Å². The molecule has 4 rings (SSSR count). The van der Waals surface area contributed by atoms with Crippen molar-refractivity contribution in [3.8, 4) is 5.75 Å².